The van der Waals surface area contributed by atoms with E-state index in [4.69, 9.17) is 24.7 Å². The Balaban J connectivity index is 2.71. The van der Waals surface area contributed by atoms with Crippen molar-refractivity contribution in [2.45, 2.75) is 61.6 Å². The number of nitriles is 2. The van der Waals surface area contributed by atoms with Crippen LogP contribution in [0.4, 0.5) is 5.69 Å². The maximum absolute atomic E-state index is 10.1. The lowest BCUT2D eigenvalue weighted by molar-refractivity contribution is 0.0103. The summed E-state index contributed by atoms with van der Waals surface area (Å²) in [4.78, 5) is 2.21. The van der Waals surface area contributed by atoms with Crippen LogP contribution in [0.5, 0.6) is 11.5 Å². The first-order chi connectivity index (χ1) is 17.5. The van der Waals surface area contributed by atoms with Crippen LogP contribution in [0.25, 0.3) is 0 Å². The van der Waals surface area contributed by atoms with Gasteiger partial charge in [0, 0.05) is 10.6 Å². The number of nitrogens with two attached hydrogens (primary N) is 1. The standard InChI is InChI=1S/C27H35N3O4S2/c1-5-12-31-17-33-24-20(15-28)21(16-29)25(34-18-32-13-6-2)27(26(24)35-14-11-19(3)4)36-23-10-8-7-9-22(23)30/h7-10,19H,5-6,11-14,17-18,30H2,1-4H3. The van der Waals surface area contributed by atoms with Gasteiger partial charge in [-0.3, -0.25) is 0 Å². The number of nitrogens with zero attached hydrogens (tertiary/aromatic N) is 2. The maximum Gasteiger partial charge on any atom is 0.189 e. The number of ether oxygens (including phenoxy) is 4. The Morgan fingerprint density at radius 3 is 1.94 bits per heavy atom. The summed E-state index contributed by atoms with van der Waals surface area (Å²) in [7, 11) is 0. The Morgan fingerprint density at radius 2 is 1.44 bits per heavy atom. The average molecular weight is 530 g/mol. The molecule has 7 nitrogen and oxygen atoms in total. The van der Waals surface area contributed by atoms with Crippen molar-refractivity contribution in [3.05, 3.63) is 35.4 Å². The molecular weight excluding hydrogens is 494 g/mol. The SMILES string of the molecule is CCCOCOc1c(C#N)c(C#N)c(OCOCCC)c(Sc2ccccc2N)c1SCCC(C)C. The minimum Gasteiger partial charge on any atom is -0.465 e. The van der Waals surface area contributed by atoms with E-state index in [1.165, 1.54) is 11.8 Å². The van der Waals surface area contributed by atoms with Crippen LogP contribution >= 0.6 is 23.5 Å². The van der Waals surface area contributed by atoms with E-state index in [0.717, 1.165) is 34.8 Å². The number of benzene rings is 2. The normalized spacial score (nSPS) is 10.8. The van der Waals surface area contributed by atoms with Crippen molar-refractivity contribution in [3.63, 3.8) is 0 Å². The molecule has 0 heterocycles. The fourth-order valence-electron chi connectivity index (χ4n) is 3.06. The highest BCUT2D eigenvalue weighted by Crippen LogP contribution is 2.51. The lowest BCUT2D eigenvalue weighted by Gasteiger charge is -2.22. The lowest BCUT2D eigenvalue weighted by Crippen LogP contribution is -2.11. The van der Waals surface area contributed by atoms with Crippen LogP contribution in [-0.2, 0) is 9.47 Å². The number of para-hydroxylation sites is 1. The molecule has 2 aromatic rings. The highest BCUT2D eigenvalue weighted by Gasteiger charge is 2.28. The second kappa shape index (κ2) is 16.2. The summed E-state index contributed by atoms with van der Waals surface area (Å²) in [5.74, 6) is 1.93. The maximum atomic E-state index is 10.1. The smallest absolute Gasteiger partial charge is 0.189 e. The monoisotopic (exact) mass is 529 g/mol. The number of thioether (sulfide) groups is 1. The number of rotatable bonds is 16. The summed E-state index contributed by atoms with van der Waals surface area (Å²) in [6, 6.07) is 11.8. The zero-order chi connectivity index (χ0) is 26.3. The van der Waals surface area contributed by atoms with Gasteiger partial charge in [0.15, 0.2) is 25.1 Å². The van der Waals surface area contributed by atoms with Gasteiger partial charge in [-0.15, -0.1) is 11.8 Å². The molecule has 0 bridgehead atoms. The fourth-order valence-corrected chi connectivity index (χ4v) is 5.66. The van der Waals surface area contributed by atoms with Crippen molar-refractivity contribution in [2.24, 2.45) is 5.92 Å². The first-order valence-corrected chi connectivity index (χ1v) is 13.9. The number of hydrogen-bond acceptors (Lipinski definition) is 9. The molecule has 36 heavy (non-hydrogen) atoms. The predicted molar refractivity (Wildman–Crippen MR) is 145 cm³/mol. The molecule has 0 atom stereocenters. The molecule has 194 valence electrons. The zero-order valence-electron chi connectivity index (χ0n) is 21.5. The van der Waals surface area contributed by atoms with Crippen molar-refractivity contribution in [2.75, 3.05) is 38.3 Å². The third-order valence-corrected chi connectivity index (χ3v) is 7.32. The fraction of sp³-hybridized carbons (Fsp3) is 0.481. The third-order valence-electron chi connectivity index (χ3n) is 4.89. The van der Waals surface area contributed by atoms with E-state index in [0.29, 0.717) is 41.2 Å². The molecule has 0 spiro atoms. The summed E-state index contributed by atoms with van der Waals surface area (Å²) >= 11 is 2.96. The van der Waals surface area contributed by atoms with Crippen LogP contribution in [0.2, 0.25) is 0 Å². The lowest BCUT2D eigenvalue weighted by atomic mass is 10.1. The quantitative estimate of drug-likeness (QED) is 0.108. The Hall–Kier alpha value is -2.56. The van der Waals surface area contributed by atoms with Gasteiger partial charge >= 0.3 is 0 Å². The van der Waals surface area contributed by atoms with Crippen molar-refractivity contribution in [3.8, 4) is 23.6 Å². The second-order valence-electron chi connectivity index (χ2n) is 8.30. The molecule has 0 fully saturated rings. The Kier molecular flexibility index (Phi) is 13.4. The molecule has 0 unspecified atom stereocenters. The van der Waals surface area contributed by atoms with E-state index in [9.17, 15) is 10.5 Å². The van der Waals surface area contributed by atoms with Crippen LogP contribution in [0, 0.1) is 28.6 Å². The van der Waals surface area contributed by atoms with Crippen molar-refractivity contribution < 1.29 is 18.9 Å². The van der Waals surface area contributed by atoms with Gasteiger partial charge in [0.25, 0.3) is 0 Å². The molecule has 9 heteroatoms. The molecule has 0 amide bonds. The van der Waals surface area contributed by atoms with E-state index in [2.05, 4.69) is 26.0 Å². The molecule has 2 N–H and O–H groups in total. The van der Waals surface area contributed by atoms with Gasteiger partial charge in [-0.1, -0.05) is 51.6 Å². The molecular formula is C27H35N3O4S2. The number of anilines is 1. The van der Waals surface area contributed by atoms with Crippen molar-refractivity contribution in [1.29, 1.82) is 10.5 Å². The highest BCUT2D eigenvalue weighted by molar-refractivity contribution is 8.02. The van der Waals surface area contributed by atoms with Gasteiger partial charge in [-0.2, -0.15) is 10.5 Å². The molecule has 0 radical (unpaired) electrons. The van der Waals surface area contributed by atoms with E-state index in [-0.39, 0.29) is 24.7 Å². The van der Waals surface area contributed by atoms with Crippen LogP contribution in [0.3, 0.4) is 0 Å². The molecule has 0 saturated carbocycles. The molecule has 0 aliphatic carbocycles. The highest BCUT2D eigenvalue weighted by atomic mass is 32.2. The zero-order valence-corrected chi connectivity index (χ0v) is 23.1. The molecule has 0 aliphatic heterocycles. The van der Waals surface area contributed by atoms with Crippen LogP contribution < -0.4 is 15.2 Å². The molecule has 0 aliphatic rings. The van der Waals surface area contributed by atoms with E-state index in [1.54, 1.807) is 11.8 Å². The van der Waals surface area contributed by atoms with Gasteiger partial charge in [-0.25, -0.2) is 0 Å². The Morgan fingerprint density at radius 1 is 0.889 bits per heavy atom. The van der Waals surface area contributed by atoms with Gasteiger partial charge < -0.3 is 24.7 Å². The van der Waals surface area contributed by atoms with Gasteiger partial charge in [0.2, 0.25) is 0 Å². The molecule has 2 rings (SSSR count). The molecule has 0 aromatic heterocycles. The molecule has 0 saturated heterocycles. The Bertz CT molecular complexity index is 1060. The minimum atomic E-state index is -0.0405. The van der Waals surface area contributed by atoms with E-state index < -0.39 is 0 Å². The first kappa shape index (κ1) is 29.7. The summed E-state index contributed by atoms with van der Waals surface area (Å²) in [5.41, 5.74) is 7.10. The minimum absolute atomic E-state index is 0.0253. The number of nitrogen functional groups attached to an aromatic ring is 1. The summed E-state index contributed by atoms with van der Waals surface area (Å²) in [5, 5.41) is 20.2. The predicted octanol–water partition coefficient (Wildman–Crippen LogP) is 6.83. The van der Waals surface area contributed by atoms with E-state index in [1.807, 2.05) is 38.1 Å². The molecule has 2 aromatic carbocycles. The van der Waals surface area contributed by atoms with Gasteiger partial charge in [-0.05, 0) is 43.1 Å². The van der Waals surface area contributed by atoms with Gasteiger partial charge in [0.1, 0.15) is 23.3 Å². The van der Waals surface area contributed by atoms with Crippen molar-refractivity contribution in [1.82, 2.24) is 0 Å². The van der Waals surface area contributed by atoms with Crippen LogP contribution in [-0.4, -0.2) is 32.6 Å². The summed E-state index contributed by atoms with van der Waals surface area (Å²) in [6.07, 6.45) is 2.64. The summed E-state index contributed by atoms with van der Waals surface area (Å²) < 4.78 is 23.2. The first-order valence-electron chi connectivity index (χ1n) is 12.1. The van der Waals surface area contributed by atoms with Gasteiger partial charge in [0.05, 0.1) is 23.0 Å². The number of hydrogen-bond donors (Lipinski definition) is 1. The topological polar surface area (TPSA) is 111 Å². The van der Waals surface area contributed by atoms with Crippen LogP contribution in [0.1, 0.15) is 58.1 Å². The van der Waals surface area contributed by atoms with Crippen molar-refractivity contribution >= 4 is 29.2 Å². The average Bonchev–Trinajstić information content (AvgIpc) is 2.87. The largest absolute Gasteiger partial charge is 0.465 e. The third kappa shape index (κ3) is 8.53. The Labute approximate surface area is 223 Å². The van der Waals surface area contributed by atoms with Crippen LogP contribution in [0.15, 0.2) is 39.0 Å². The second-order valence-corrected chi connectivity index (χ2v) is 10.5. The van der Waals surface area contributed by atoms with E-state index >= 15 is 0 Å². The summed E-state index contributed by atoms with van der Waals surface area (Å²) in [6.45, 7) is 9.32.